The van der Waals surface area contributed by atoms with Crippen LogP contribution in [0.3, 0.4) is 0 Å². The highest BCUT2D eigenvalue weighted by Crippen LogP contribution is 2.29. The van der Waals surface area contributed by atoms with Crippen LogP contribution < -0.4 is 5.32 Å². The summed E-state index contributed by atoms with van der Waals surface area (Å²) >= 11 is 0. The fourth-order valence-corrected chi connectivity index (χ4v) is 3.08. The minimum absolute atomic E-state index is 0.620. The van der Waals surface area contributed by atoms with Crippen molar-refractivity contribution in [2.45, 2.75) is 45.6 Å². The smallest absolute Gasteiger partial charge is 0.0351 e. The van der Waals surface area contributed by atoms with Crippen LogP contribution >= 0.6 is 0 Å². The lowest BCUT2D eigenvalue weighted by Crippen LogP contribution is -2.45. The van der Waals surface area contributed by atoms with E-state index < -0.39 is 0 Å². The number of nitrogens with zero attached hydrogens (tertiary/aromatic N) is 1. The van der Waals surface area contributed by atoms with E-state index in [0.717, 1.165) is 13.1 Å². The highest BCUT2D eigenvalue weighted by Gasteiger charge is 2.22. The van der Waals surface area contributed by atoms with E-state index in [9.17, 15) is 0 Å². The third-order valence-corrected chi connectivity index (χ3v) is 4.22. The summed E-state index contributed by atoms with van der Waals surface area (Å²) in [6.45, 7) is 9.18. The van der Waals surface area contributed by atoms with E-state index in [1.54, 1.807) is 5.56 Å². The molecule has 0 unspecified atom stereocenters. The van der Waals surface area contributed by atoms with Gasteiger partial charge in [0.1, 0.15) is 0 Å². The molecule has 2 nitrogen and oxygen atoms in total. The van der Waals surface area contributed by atoms with Crippen LogP contribution in [0.15, 0.2) is 24.3 Å². The van der Waals surface area contributed by atoms with Crippen molar-refractivity contribution in [3.8, 4) is 0 Å². The molecule has 1 N–H and O–H groups in total. The molecular weight excluding hydrogens is 232 g/mol. The summed E-state index contributed by atoms with van der Waals surface area (Å²) in [6.07, 6.45) is 5.31. The SMILES string of the molecule is CCCCC[C@@H](c1ccccc1C)N1CCNCC1. The molecule has 2 heteroatoms. The first-order valence-corrected chi connectivity index (χ1v) is 7.83. The van der Waals surface area contributed by atoms with Crippen LogP contribution in [0.2, 0.25) is 0 Å². The van der Waals surface area contributed by atoms with E-state index in [-0.39, 0.29) is 0 Å². The highest BCUT2D eigenvalue weighted by atomic mass is 15.2. The van der Waals surface area contributed by atoms with Crippen LogP contribution in [0.25, 0.3) is 0 Å². The largest absolute Gasteiger partial charge is 0.314 e. The second kappa shape index (κ2) is 7.66. The fourth-order valence-electron chi connectivity index (χ4n) is 3.08. The Balaban J connectivity index is 2.10. The Labute approximate surface area is 118 Å². The number of benzene rings is 1. The first-order valence-electron chi connectivity index (χ1n) is 7.83. The minimum Gasteiger partial charge on any atom is -0.314 e. The zero-order valence-corrected chi connectivity index (χ0v) is 12.5. The average molecular weight is 260 g/mol. The number of hydrogen-bond acceptors (Lipinski definition) is 2. The molecule has 19 heavy (non-hydrogen) atoms. The molecule has 1 atom stereocenters. The Morgan fingerprint density at radius 1 is 1.16 bits per heavy atom. The van der Waals surface area contributed by atoms with Crippen LogP contribution in [0.1, 0.15) is 49.8 Å². The molecule has 1 aliphatic rings. The first kappa shape index (κ1) is 14.5. The molecule has 2 rings (SSSR count). The van der Waals surface area contributed by atoms with Gasteiger partial charge in [0.25, 0.3) is 0 Å². The second-order valence-corrected chi connectivity index (χ2v) is 5.65. The molecule has 0 spiro atoms. The lowest BCUT2D eigenvalue weighted by molar-refractivity contribution is 0.162. The Kier molecular flexibility index (Phi) is 5.87. The van der Waals surface area contributed by atoms with Crippen molar-refractivity contribution in [1.82, 2.24) is 10.2 Å². The molecule has 1 fully saturated rings. The molecule has 106 valence electrons. The number of piperazine rings is 1. The maximum atomic E-state index is 3.46. The molecule has 0 amide bonds. The van der Waals surface area contributed by atoms with Crippen molar-refractivity contribution in [1.29, 1.82) is 0 Å². The van der Waals surface area contributed by atoms with Crippen molar-refractivity contribution in [3.63, 3.8) is 0 Å². The average Bonchev–Trinajstić information content (AvgIpc) is 2.46. The van der Waals surface area contributed by atoms with Gasteiger partial charge in [0.15, 0.2) is 0 Å². The molecule has 1 aromatic rings. The van der Waals surface area contributed by atoms with Crippen LogP contribution in [-0.4, -0.2) is 31.1 Å². The molecular formula is C17H28N2. The zero-order valence-electron chi connectivity index (χ0n) is 12.5. The van der Waals surface area contributed by atoms with Crippen molar-refractivity contribution in [2.75, 3.05) is 26.2 Å². The predicted octanol–water partition coefficient (Wildman–Crippen LogP) is 3.52. The molecule has 0 saturated carbocycles. The molecule has 0 radical (unpaired) electrons. The molecule has 1 aliphatic heterocycles. The lowest BCUT2D eigenvalue weighted by Gasteiger charge is -2.36. The monoisotopic (exact) mass is 260 g/mol. The summed E-state index contributed by atoms with van der Waals surface area (Å²) in [6, 6.07) is 9.55. The number of nitrogens with one attached hydrogen (secondary N) is 1. The number of unbranched alkanes of at least 4 members (excludes halogenated alkanes) is 2. The Morgan fingerprint density at radius 3 is 2.58 bits per heavy atom. The van der Waals surface area contributed by atoms with Crippen LogP contribution in [0.5, 0.6) is 0 Å². The maximum Gasteiger partial charge on any atom is 0.0351 e. The Bertz CT molecular complexity index is 369. The van der Waals surface area contributed by atoms with E-state index in [1.807, 2.05) is 0 Å². The van der Waals surface area contributed by atoms with Gasteiger partial charge in [0.2, 0.25) is 0 Å². The van der Waals surface area contributed by atoms with Gasteiger partial charge in [-0.3, -0.25) is 4.90 Å². The van der Waals surface area contributed by atoms with Gasteiger partial charge in [0, 0.05) is 32.2 Å². The third kappa shape index (κ3) is 4.05. The summed E-state index contributed by atoms with van der Waals surface area (Å²) in [5.74, 6) is 0. The van der Waals surface area contributed by atoms with Crippen molar-refractivity contribution < 1.29 is 0 Å². The molecule has 0 aromatic heterocycles. The Morgan fingerprint density at radius 2 is 1.89 bits per heavy atom. The summed E-state index contributed by atoms with van der Waals surface area (Å²) in [5, 5.41) is 3.46. The Hall–Kier alpha value is -0.860. The zero-order chi connectivity index (χ0) is 13.5. The highest BCUT2D eigenvalue weighted by molar-refractivity contribution is 5.29. The lowest BCUT2D eigenvalue weighted by atomic mass is 9.94. The fraction of sp³-hybridized carbons (Fsp3) is 0.647. The normalized spacial score (nSPS) is 18.4. The van der Waals surface area contributed by atoms with Gasteiger partial charge >= 0.3 is 0 Å². The van der Waals surface area contributed by atoms with Gasteiger partial charge in [0.05, 0.1) is 0 Å². The van der Waals surface area contributed by atoms with Gasteiger partial charge in [-0.25, -0.2) is 0 Å². The van der Waals surface area contributed by atoms with Gasteiger partial charge in [-0.2, -0.15) is 0 Å². The summed E-state index contributed by atoms with van der Waals surface area (Å²) < 4.78 is 0. The minimum atomic E-state index is 0.620. The maximum absolute atomic E-state index is 3.46. The molecule has 1 heterocycles. The quantitative estimate of drug-likeness (QED) is 0.787. The van der Waals surface area contributed by atoms with E-state index in [4.69, 9.17) is 0 Å². The van der Waals surface area contributed by atoms with Crippen LogP contribution in [-0.2, 0) is 0 Å². The predicted molar refractivity (Wildman–Crippen MR) is 82.5 cm³/mol. The van der Waals surface area contributed by atoms with E-state index in [2.05, 4.69) is 48.3 Å². The molecule has 1 aromatic carbocycles. The summed E-state index contributed by atoms with van der Waals surface area (Å²) in [4.78, 5) is 2.68. The molecule has 1 saturated heterocycles. The van der Waals surface area contributed by atoms with Gasteiger partial charge in [-0.15, -0.1) is 0 Å². The topological polar surface area (TPSA) is 15.3 Å². The number of rotatable bonds is 6. The number of hydrogen-bond donors (Lipinski definition) is 1. The first-order chi connectivity index (χ1) is 9.33. The van der Waals surface area contributed by atoms with E-state index in [0.29, 0.717) is 6.04 Å². The van der Waals surface area contributed by atoms with Crippen LogP contribution in [0, 0.1) is 6.92 Å². The summed E-state index contributed by atoms with van der Waals surface area (Å²) in [5.41, 5.74) is 2.99. The molecule has 0 bridgehead atoms. The van der Waals surface area contributed by atoms with Crippen molar-refractivity contribution in [3.05, 3.63) is 35.4 Å². The van der Waals surface area contributed by atoms with Gasteiger partial charge in [-0.05, 0) is 24.5 Å². The van der Waals surface area contributed by atoms with Crippen LogP contribution in [0.4, 0.5) is 0 Å². The van der Waals surface area contributed by atoms with Crippen molar-refractivity contribution >= 4 is 0 Å². The van der Waals surface area contributed by atoms with E-state index >= 15 is 0 Å². The van der Waals surface area contributed by atoms with Crippen molar-refractivity contribution in [2.24, 2.45) is 0 Å². The molecule has 0 aliphatic carbocycles. The van der Waals surface area contributed by atoms with E-state index in [1.165, 1.54) is 44.3 Å². The summed E-state index contributed by atoms with van der Waals surface area (Å²) in [7, 11) is 0. The standard InChI is InChI=1S/C17H28N2/c1-3-4-5-10-17(19-13-11-18-12-14-19)16-9-7-6-8-15(16)2/h6-9,17-18H,3-5,10-14H2,1-2H3/t17-/m0/s1. The van der Waals surface area contributed by atoms with Gasteiger partial charge < -0.3 is 5.32 Å². The number of aryl methyl sites for hydroxylation is 1. The third-order valence-electron chi connectivity index (χ3n) is 4.22. The van der Waals surface area contributed by atoms with Gasteiger partial charge in [-0.1, -0.05) is 50.5 Å². The second-order valence-electron chi connectivity index (χ2n) is 5.65.